The van der Waals surface area contributed by atoms with Crippen LogP contribution in [0.2, 0.25) is 0 Å². The summed E-state index contributed by atoms with van der Waals surface area (Å²) in [6, 6.07) is 9.31. The van der Waals surface area contributed by atoms with Gasteiger partial charge in [-0.3, -0.25) is 4.79 Å². The summed E-state index contributed by atoms with van der Waals surface area (Å²) in [5.41, 5.74) is 6.40. The Balaban J connectivity index is 2.21. The number of carbonyl (C=O) groups is 1. The van der Waals surface area contributed by atoms with E-state index in [2.05, 4.69) is 5.10 Å². The van der Waals surface area contributed by atoms with Crippen LogP contribution in [0.4, 0.5) is 11.4 Å². The largest absolute Gasteiger partial charge is 0.374 e. The Morgan fingerprint density at radius 3 is 2.23 bits per heavy atom. The lowest BCUT2D eigenvalue weighted by Gasteiger charge is -2.18. The van der Waals surface area contributed by atoms with Crippen molar-refractivity contribution in [1.82, 2.24) is 0 Å². The van der Waals surface area contributed by atoms with Crippen LogP contribution in [-0.4, -0.2) is 40.1 Å². The van der Waals surface area contributed by atoms with E-state index in [-0.39, 0.29) is 38.4 Å². The number of likely N-dealkylation sites (N-methyl/N-ethyl adjacent to an activating group) is 1. The van der Waals surface area contributed by atoms with Crippen molar-refractivity contribution in [2.24, 2.45) is 21.1 Å². The average molecular weight is 483 g/mol. The Morgan fingerprint density at radius 1 is 1.06 bits per heavy atom. The van der Waals surface area contributed by atoms with Crippen molar-refractivity contribution >= 4 is 60.4 Å². The average Bonchev–Trinajstić information content (AvgIpc) is 2.94. The van der Waals surface area contributed by atoms with Gasteiger partial charge in [0.1, 0.15) is 0 Å². The van der Waals surface area contributed by atoms with E-state index in [9.17, 15) is 21.6 Å². The van der Waals surface area contributed by atoms with Crippen LogP contribution < -0.4 is 25.9 Å². The van der Waals surface area contributed by atoms with E-state index in [1.54, 1.807) is 6.92 Å². The maximum atomic E-state index is 13.0. The molecule has 1 amide bonds. The van der Waals surface area contributed by atoms with Gasteiger partial charge in [0, 0.05) is 12.1 Å². The first-order chi connectivity index (χ1) is 14.3. The molecule has 1 heterocycles. The number of fused-ring (bicyclic) bond motifs is 1. The fourth-order valence-electron chi connectivity index (χ4n) is 3.01. The van der Waals surface area contributed by atoms with Gasteiger partial charge in [-0.2, -0.15) is 5.10 Å². The molecule has 164 valence electrons. The number of primary sulfonamides is 2. The van der Waals surface area contributed by atoms with E-state index in [1.807, 2.05) is 0 Å². The Morgan fingerprint density at radius 2 is 1.68 bits per heavy atom. The van der Waals surface area contributed by atoms with Gasteiger partial charge in [-0.05, 0) is 55.5 Å². The molecule has 0 saturated heterocycles. The third-order valence-electron chi connectivity index (χ3n) is 4.41. The predicted molar refractivity (Wildman–Crippen MR) is 119 cm³/mol. The highest BCUT2D eigenvalue weighted by atomic mass is 32.2. The van der Waals surface area contributed by atoms with Gasteiger partial charge in [0.05, 0.1) is 21.2 Å². The highest BCUT2D eigenvalue weighted by molar-refractivity contribution is 7.89. The second-order valence-electron chi connectivity index (χ2n) is 6.41. The number of sulfonamides is 2. The lowest BCUT2D eigenvalue weighted by Crippen LogP contribution is -2.35. The second-order valence-corrected chi connectivity index (χ2v) is 9.96. The van der Waals surface area contributed by atoms with E-state index in [0.29, 0.717) is 5.69 Å². The monoisotopic (exact) mass is 482 g/mol. The van der Waals surface area contributed by atoms with E-state index in [4.69, 9.17) is 28.2 Å². The number of hydrogen-bond donors (Lipinski definition) is 3. The first kappa shape index (κ1) is 22.8. The topological polar surface area (TPSA) is 182 Å². The number of amides is 1. The number of hydrazone groups is 1. The molecule has 14 heteroatoms. The zero-order valence-electron chi connectivity index (χ0n) is 16.1. The molecular weight excluding hydrogens is 464 g/mol. The van der Waals surface area contributed by atoms with Crippen molar-refractivity contribution in [3.63, 3.8) is 0 Å². The van der Waals surface area contributed by atoms with Gasteiger partial charge in [-0.25, -0.2) is 32.1 Å². The van der Waals surface area contributed by atoms with Crippen LogP contribution >= 0.6 is 12.2 Å². The minimum absolute atomic E-state index is 0.137. The molecule has 3 rings (SSSR count). The number of nitrogens with zero attached hydrogens (tertiary/aromatic N) is 3. The van der Waals surface area contributed by atoms with Crippen molar-refractivity contribution in [2.45, 2.75) is 16.7 Å². The summed E-state index contributed by atoms with van der Waals surface area (Å²) < 4.78 is 46.9. The van der Waals surface area contributed by atoms with Gasteiger partial charge in [-0.1, -0.05) is 6.07 Å². The number of nitrogens with two attached hydrogens (primary N) is 3. The molecule has 1 aliphatic rings. The first-order valence-corrected chi connectivity index (χ1v) is 12.1. The molecule has 0 aliphatic carbocycles. The fraction of sp³-hybridized carbons (Fsp3) is 0.118. The molecule has 0 radical (unpaired) electrons. The molecule has 0 saturated carbocycles. The van der Waals surface area contributed by atoms with Crippen LogP contribution in [0, 0.1) is 0 Å². The Hall–Kier alpha value is -2.91. The van der Waals surface area contributed by atoms with Gasteiger partial charge in [0.15, 0.2) is 10.8 Å². The molecule has 2 aromatic carbocycles. The fourth-order valence-corrected chi connectivity index (χ4v) is 4.25. The summed E-state index contributed by atoms with van der Waals surface area (Å²) in [6.07, 6.45) is 0. The molecule has 31 heavy (non-hydrogen) atoms. The second kappa shape index (κ2) is 7.97. The van der Waals surface area contributed by atoms with Crippen LogP contribution in [0.3, 0.4) is 0 Å². The van der Waals surface area contributed by atoms with Gasteiger partial charge >= 0.3 is 0 Å². The van der Waals surface area contributed by atoms with Crippen LogP contribution in [0.1, 0.15) is 12.5 Å². The molecule has 1 aliphatic heterocycles. The summed E-state index contributed by atoms with van der Waals surface area (Å²) in [7, 11) is -8.06. The summed E-state index contributed by atoms with van der Waals surface area (Å²) in [5.74, 6) is -0.520. The SMILES string of the molecule is CCN1C(=O)/C(=N\N(C(N)=S)c2cccc(S(N)(=O)=O)c2)c2cc(S(N)(=O)=O)ccc21. The minimum Gasteiger partial charge on any atom is -0.374 e. The molecule has 0 unspecified atom stereocenters. The van der Waals surface area contributed by atoms with E-state index in [1.165, 1.54) is 47.4 Å². The number of benzene rings is 2. The molecule has 0 bridgehead atoms. The van der Waals surface area contributed by atoms with E-state index < -0.39 is 26.0 Å². The Labute approximate surface area is 184 Å². The first-order valence-electron chi connectivity index (χ1n) is 8.64. The van der Waals surface area contributed by atoms with E-state index >= 15 is 0 Å². The van der Waals surface area contributed by atoms with Crippen molar-refractivity contribution in [2.75, 3.05) is 16.5 Å². The number of anilines is 2. The predicted octanol–water partition coefficient (Wildman–Crippen LogP) is -0.198. The number of hydrogen-bond acceptors (Lipinski definition) is 7. The van der Waals surface area contributed by atoms with Crippen molar-refractivity contribution in [3.05, 3.63) is 48.0 Å². The number of rotatable bonds is 5. The molecule has 0 spiro atoms. The third-order valence-corrected chi connectivity index (χ3v) is 6.40. The molecule has 2 aromatic rings. The summed E-state index contributed by atoms with van der Waals surface area (Å²) >= 11 is 5.03. The van der Waals surface area contributed by atoms with Gasteiger partial charge < -0.3 is 10.6 Å². The highest BCUT2D eigenvalue weighted by Crippen LogP contribution is 2.32. The van der Waals surface area contributed by atoms with Gasteiger partial charge in [-0.15, -0.1) is 0 Å². The lowest BCUT2D eigenvalue weighted by molar-refractivity contribution is -0.112. The molecule has 0 atom stereocenters. The van der Waals surface area contributed by atoms with Crippen molar-refractivity contribution in [3.8, 4) is 0 Å². The van der Waals surface area contributed by atoms with Gasteiger partial charge in [0.25, 0.3) is 5.91 Å². The Kier molecular flexibility index (Phi) is 5.86. The normalized spacial score (nSPS) is 15.3. The van der Waals surface area contributed by atoms with Gasteiger partial charge in [0.2, 0.25) is 20.0 Å². The van der Waals surface area contributed by atoms with Crippen LogP contribution in [0.25, 0.3) is 0 Å². The number of carbonyl (C=O) groups excluding carboxylic acids is 1. The maximum absolute atomic E-state index is 13.0. The molecule has 6 N–H and O–H groups in total. The van der Waals surface area contributed by atoms with Crippen molar-refractivity contribution < 1.29 is 21.6 Å². The minimum atomic E-state index is -4.04. The molecular formula is C17H18N6O5S3. The quantitative estimate of drug-likeness (QED) is 0.387. The standard InChI is InChI=1S/C17H18N6O5S3/c1-2-22-14-7-6-12(31(20,27)28)9-13(14)15(16(22)24)21-23(17(18)29)10-4-3-5-11(8-10)30(19,25)26/h3-9H,2H2,1H3,(H2,18,29)(H2,19,25,26)(H2,20,27,28)/b21-15-. The summed E-state index contributed by atoms with van der Waals surface area (Å²) in [4.78, 5) is 13.9. The molecule has 0 fully saturated rings. The smallest absolute Gasteiger partial charge is 0.279 e. The maximum Gasteiger partial charge on any atom is 0.279 e. The van der Waals surface area contributed by atoms with Crippen molar-refractivity contribution in [1.29, 1.82) is 0 Å². The summed E-state index contributed by atoms with van der Waals surface area (Å²) in [6.45, 7) is 2.02. The van der Waals surface area contributed by atoms with E-state index in [0.717, 1.165) is 5.01 Å². The molecule has 0 aromatic heterocycles. The molecule has 11 nitrogen and oxygen atoms in total. The Bertz CT molecular complexity index is 1340. The van der Waals surface area contributed by atoms with Crippen LogP contribution in [0.5, 0.6) is 0 Å². The van der Waals surface area contributed by atoms with Crippen LogP contribution in [0.15, 0.2) is 57.4 Å². The summed E-state index contributed by atoms with van der Waals surface area (Å²) in [5, 5.41) is 15.3. The number of thiocarbonyl (C=S) groups is 1. The zero-order chi connectivity index (χ0) is 23.1. The zero-order valence-corrected chi connectivity index (χ0v) is 18.5. The highest BCUT2D eigenvalue weighted by Gasteiger charge is 2.35. The lowest BCUT2D eigenvalue weighted by atomic mass is 10.1. The third kappa shape index (κ3) is 4.42. The van der Waals surface area contributed by atoms with Crippen LogP contribution in [-0.2, 0) is 24.8 Å².